The summed E-state index contributed by atoms with van der Waals surface area (Å²) in [7, 11) is -4.25. The molecule has 3 saturated carbocycles. The number of rotatable bonds is 6. The van der Waals surface area contributed by atoms with Gasteiger partial charge in [-0.1, -0.05) is 39.0 Å². The van der Waals surface area contributed by atoms with Crippen LogP contribution in [0.3, 0.4) is 0 Å². The van der Waals surface area contributed by atoms with E-state index in [-0.39, 0.29) is 34.5 Å². The lowest BCUT2D eigenvalue weighted by Crippen LogP contribution is -2.62. The molecule has 0 radical (unpaired) electrons. The minimum atomic E-state index is -4.75. The van der Waals surface area contributed by atoms with Gasteiger partial charge in [0.1, 0.15) is 11.5 Å². The van der Waals surface area contributed by atoms with Gasteiger partial charge in [0.25, 0.3) is 16.4 Å². The molecule has 0 saturated heterocycles. The first kappa shape index (κ1) is 26.8. The number of hydrogen-bond acceptors (Lipinski definition) is 2. The molecular weight excluding hydrogens is 530 g/mol. The highest BCUT2D eigenvalue weighted by Crippen LogP contribution is 2.62. The van der Waals surface area contributed by atoms with Crippen molar-refractivity contribution in [3.8, 4) is 11.1 Å². The molecule has 1 aromatic heterocycles. The van der Waals surface area contributed by atoms with E-state index in [9.17, 15) is 30.4 Å². The second kappa shape index (κ2) is 8.59. The van der Waals surface area contributed by atoms with Gasteiger partial charge in [0, 0.05) is 34.8 Å². The average molecular weight is 557 g/mol. The fourth-order valence-electron chi connectivity index (χ4n) is 5.48. The van der Waals surface area contributed by atoms with Gasteiger partial charge in [-0.15, -0.1) is 0 Å². The predicted octanol–water partition coefficient (Wildman–Crippen LogP) is 7.45. The Morgan fingerprint density at radius 3 is 2.24 bits per heavy atom. The van der Waals surface area contributed by atoms with Crippen molar-refractivity contribution >= 4 is 26.6 Å². The summed E-state index contributed by atoms with van der Waals surface area (Å²) >= 11 is 0. The summed E-state index contributed by atoms with van der Waals surface area (Å²) < 4.78 is 115. The minimum Gasteiger partial charge on any atom is -0.346 e. The van der Waals surface area contributed by atoms with Crippen molar-refractivity contribution in [2.75, 3.05) is 0 Å². The molecule has 0 aliphatic heterocycles. The van der Waals surface area contributed by atoms with Gasteiger partial charge < -0.3 is 4.57 Å². The second-order valence-electron chi connectivity index (χ2n) is 11.5. The molecule has 11 heteroatoms. The van der Waals surface area contributed by atoms with Crippen molar-refractivity contribution in [1.29, 1.82) is 0 Å². The van der Waals surface area contributed by atoms with E-state index in [2.05, 4.69) is 4.40 Å². The van der Waals surface area contributed by atoms with Crippen molar-refractivity contribution in [2.45, 2.75) is 63.9 Å². The lowest BCUT2D eigenvalue weighted by Gasteiger charge is -2.59. The molecule has 1 heterocycles. The molecule has 2 bridgehead atoms. The molecule has 0 N–H and O–H groups in total. The van der Waals surface area contributed by atoms with E-state index in [0.29, 0.717) is 19.3 Å². The summed E-state index contributed by atoms with van der Waals surface area (Å²) in [4.78, 5) is 0. The van der Waals surface area contributed by atoms with Crippen LogP contribution in [0.2, 0.25) is 0 Å². The molecular formula is C27H26F6N2O2S. The molecule has 3 aromatic rings. The van der Waals surface area contributed by atoms with Gasteiger partial charge >= 0.3 is 6.18 Å². The van der Waals surface area contributed by atoms with Gasteiger partial charge in [-0.25, -0.2) is 21.6 Å². The first-order valence-electron chi connectivity index (χ1n) is 12.1. The molecule has 0 atom stereocenters. The zero-order valence-corrected chi connectivity index (χ0v) is 21.7. The van der Waals surface area contributed by atoms with E-state index in [1.807, 2.05) is 20.8 Å². The van der Waals surface area contributed by atoms with Gasteiger partial charge in [-0.2, -0.15) is 17.6 Å². The van der Waals surface area contributed by atoms with Gasteiger partial charge in [-0.05, 0) is 54.4 Å². The fourth-order valence-corrected chi connectivity index (χ4v) is 7.44. The predicted molar refractivity (Wildman–Crippen MR) is 133 cm³/mol. The van der Waals surface area contributed by atoms with Crippen LogP contribution in [0, 0.1) is 17.2 Å². The average Bonchev–Trinajstić information content (AvgIpc) is 3.03. The molecule has 3 fully saturated rings. The van der Waals surface area contributed by atoms with E-state index in [4.69, 9.17) is 0 Å². The number of fused-ring (bicyclic) bond motifs is 1. The summed E-state index contributed by atoms with van der Waals surface area (Å²) in [6.07, 6.45) is -5.58. The molecule has 0 unspecified atom stereocenters. The quantitative estimate of drug-likeness (QED) is 0.234. The highest BCUT2D eigenvalue weighted by molar-refractivity contribution is 7.91. The van der Waals surface area contributed by atoms with Crippen LogP contribution in [0.1, 0.15) is 51.2 Å². The molecule has 3 aliphatic carbocycles. The van der Waals surface area contributed by atoms with Crippen LogP contribution in [0.25, 0.3) is 22.0 Å². The third-order valence-electron chi connectivity index (χ3n) is 7.37. The standard InChI is InChI=1S/C27H26F6N2O2S/c1-25(2,3)14-35-13-19(23(24(29)30)34-38(36,37)26-10-15(11-26)12-26)18-8-21(28)17(9-22(18)35)16-6-4-5-7-20(16)27(31,32)33/h4-9,13,15,24H,10-12,14H2,1-3H3. The fraction of sp³-hybridized carbons (Fsp3) is 0.444. The first-order chi connectivity index (χ1) is 17.5. The van der Waals surface area contributed by atoms with Crippen LogP contribution in [-0.2, 0) is 22.7 Å². The van der Waals surface area contributed by atoms with Crippen molar-refractivity contribution < 1.29 is 34.8 Å². The third-order valence-corrected chi connectivity index (χ3v) is 9.40. The Bertz CT molecular complexity index is 1550. The largest absolute Gasteiger partial charge is 0.417 e. The minimum absolute atomic E-state index is 0.0492. The number of halogens is 6. The molecule has 204 valence electrons. The first-order valence-corrected chi connectivity index (χ1v) is 13.6. The monoisotopic (exact) mass is 556 g/mol. The Hall–Kier alpha value is -2.82. The number of sulfonamides is 1. The van der Waals surface area contributed by atoms with Gasteiger partial charge in [0.05, 0.1) is 10.3 Å². The Balaban J connectivity index is 1.74. The maximum absolute atomic E-state index is 15.4. The second-order valence-corrected chi connectivity index (χ2v) is 13.5. The number of aromatic nitrogens is 1. The maximum atomic E-state index is 15.4. The summed E-state index contributed by atoms with van der Waals surface area (Å²) in [5.74, 6) is -0.782. The van der Waals surface area contributed by atoms with E-state index in [0.717, 1.165) is 18.2 Å². The van der Waals surface area contributed by atoms with Crippen molar-refractivity contribution in [2.24, 2.45) is 15.7 Å². The van der Waals surface area contributed by atoms with E-state index in [1.165, 1.54) is 29.0 Å². The van der Waals surface area contributed by atoms with Crippen LogP contribution >= 0.6 is 0 Å². The molecule has 4 nitrogen and oxygen atoms in total. The highest BCUT2D eigenvalue weighted by Gasteiger charge is 2.65. The Kier molecular flexibility index (Phi) is 6.05. The number of hydrogen-bond donors (Lipinski definition) is 0. The summed E-state index contributed by atoms with van der Waals surface area (Å²) in [5.41, 5.74) is -3.23. The number of alkyl halides is 5. The molecule has 38 heavy (non-hydrogen) atoms. The van der Waals surface area contributed by atoms with Crippen LogP contribution in [0.5, 0.6) is 0 Å². The van der Waals surface area contributed by atoms with Crippen molar-refractivity contribution in [3.63, 3.8) is 0 Å². The Morgan fingerprint density at radius 1 is 1.08 bits per heavy atom. The summed E-state index contributed by atoms with van der Waals surface area (Å²) in [6.45, 7) is 5.86. The number of benzene rings is 2. The lowest BCUT2D eigenvalue weighted by molar-refractivity contribution is -0.137. The zero-order valence-electron chi connectivity index (χ0n) is 20.9. The van der Waals surface area contributed by atoms with Crippen molar-refractivity contribution in [3.05, 3.63) is 59.5 Å². The van der Waals surface area contributed by atoms with Crippen LogP contribution in [-0.4, -0.2) is 29.9 Å². The highest BCUT2D eigenvalue weighted by atomic mass is 32.2. The lowest BCUT2D eigenvalue weighted by atomic mass is 9.55. The molecule has 0 spiro atoms. The van der Waals surface area contributed by atoms with Gasteiger partial charge in [-0.3, -0.25) is 0 Å². The molecule has 3 aliphatic rings. The number of nitrogens with zero attached hydrogens (tertiary/aromatic N) is 2. The SMILES string of the molecule is CC(C)(C)Cn1cc(C(=NS(=O)(=O)C23CC(C2)C3)C(F)F)c2cc(F)c(-c3ccccc3C(F)(F)F)cc21. The smallest absolute Gasteiger partial charge is 0.346 e. The van der Waals surface area contributed by atoms with E-state index < -0.39 is 55.4 Å². The van der Waals surface area contributed by atoms with Crippen LogP contribution in [0.15, 0.2) is 47.0 Å². The summed E-state index contributed by atoms with van der Waals surface area (Å²) in [5, 5.41) is -0.0492. The van der Waals surface area contributed by atoms with E-state index >= 15 is 4.39 Å². The van der Waals surface area contributed by atoms with Crippen molar-refractivity contribution in [1.82, 2.24) is 4.57 Å². The summed E-state index contributed by atoms with van der Waals surface area (Å²) in [6, 6.07) is 6.62. The zero-order chi connectivity index (χ0) is 27.8. The van der Waals surface area contributed by atoms with Gasteiger partial charge in [0.2, 0.25) is 0 Å². The van der Waals surface area contributed by atoms with Gasteiger partial charge in [0.15, 0.2) is 0 Å². The Morgan fingerprint density at radius 2 is 1.71 bits per heavy atom. The van der Waals surface area contributed by atoms with E-state index in [1.54, 1.807) is 0 Å². The maximum Gasteiger partial charge on any atom is 0.417 e. The molecule has 0 amide bonds. The molecule has 6 rings (SSSR count). The molecule has 2 aromatic carbocycles. The topological polar surface area (TPSA) is 51.4 Å². The normalized spacial score (nSPS) is 22.1. The third kappa shape index (κ3) is 4.42. The van der Waals surface area contributed by atoms with Crippen LogP contribution in [0.4, 0.5) is 26.3 Å². The Labute approximate surface area is 216 Å². The van der Waals surface area contributed by atoms with Crippen LogP contribution < -0.4 is 0 Å².